The molecule has 0 bridgehead atoms. The second kappa shape index (κ2) is 12.3. The van der Waals surface area contributed by atoms with Crippen LogP contribution in [0.15, 0.2) is 105 Å². The maximum Gasteiger partial charge on any atom is 1.00 e. The second-order valence-electron chi connectivity index (χ2n) is 6.87. The van der Waals surface area contributed by atoms with Crippen LogP contribution in [-0.2, 0) is 16.2 Å². The summed E-state index contributed by atoms with van der Waals surface area (Å²) in [4.78, 5) is 29.4. The van der Waals surface area contributed by atoms with E-state index in [2.05, 4.69) is 5.16 Å². The van der Waals surface area contributed by atoms with Crippen molar-refractivity contribution < 1.29 is 53.4 Å². The second-order valence-corrected chi connectivity index (χ2v) is 7.82. The molecule has 0 aliphatic heterocycles. The van der Waals surface area contributed by atoms with Crippen LogP contribution in [0.4, 0.5) is 0 Å². The smallest absolute Gasteiger partial charge is 0.543 e. The van der Waals surface area contributed by atoms with Gasteiger partial charge in [0.1, 0.15) is 23.8 Å². The minimum absolute atomic E-state index is 0. The summed E-state index contributed by atoms with van der Waals surface area (Å²) in [5.74, 6) is -1.26. The van der Waals surface area contributed by atoms with Crippen LogP contribution in [0, 0.1) is 0 Å². The summed E-state index contributed by atoms with van der Waals surface area (Å²) in [5.41, 5.74) is 1.03. The number of thiophene rings is 1. The van der Waals surface area contributed by atoms with Crippen LogP contribution >= 0.6 is 11.3 Å². The molecule has 0 atom stereocenters. The van der Waals surface area contributed by atoms with Gasteiger partial charge in [0.05, 0.1) is 10.8 Å². The fourth-order valence-corrected chi connectivity index (χ4v) is 3.76. The van der Waals surface area contributed by atoms with Gasteiger partial charge in [0.15, 0.2) is 6.61 Å². The zero-order valence-electron chi connectivity index (χ0n) is 18.2. The van der Waals surface area contributed by atoms with Crippen LogP contribution in [0.25, 0.3) is 0 Å². The van der Waals surface area contributed by atoms with Crippen molar-refractivity contribution in [3.8, 4) is 5.75 Å². The van der Waals surface area contributed by atoms with Gasteiger partial charge in [-0.05, 0) is 22.6 Å². The summed E-state index contributed by atoms with van der Waals surface area (Å²) in [6.07, 6.45) is 0.709. The number of carbonyl (C=O) groups is 1. The van der Waals surface area contributed by atoms with Crippen LogP contribution in [0.1, 0.15) is 27.9 Å². The molecule has 34 heavy (non-hydrogen) atoms. The monoisotopic (exact) mass is 483 g/mol. The van der Waals surface area contributed by atoms with Crippen molar-refractivity contribution >= 4 is 23.0 Å². The van der Waals surface area contributed by atoms with E-state index in [-0.39, 0.29) is 53.4 Å². The molecular weight excluding hydrogens is 465 g/mol. The van der Waals surface area contributed by atoms with Gasteiger partial charge < -0.3 is 23.9 Å². The zero-order valence-corrected chi connectivity index (χ0v) is 21.1. The van der Waals surface area contributed by atoms with Gasteiger partial charge in [0.2, 0.25) is 11.2 Å². The molecule has 0 N–H and O–H groups in total. The number of ether oxygens (including phenoxy) is 1. The Morgan fingerprint density at radius 3 is 2.18 bits per heavy atom. The number of oxime groups is 1. The maximum absolute atomic E-state index is 12.7. The summed E-state index contributed by atoms with van der Waals surface area (Å²) in [6.45, 7) is -0.238. The van der Waals surface area contributed by atoms with Crippen molar-refractivity contribution in [2.45, 2.75) is 12.7 Å². The molecule has 2 aromatic carbocycles. The number of carboxylic acids is 1. The Morgan fingerprint density at radius 2 is 1.65 bits per heavy atom. The summed E-state index contributed by atoms with van der Waals surface area (Å²) in [7, 11) is 0. The van der Waals surface area contributed by atoms with E-state index in [0.29, 0.717) is 4.88 Å². The van der Waals surface area contributed by atoms with Crippen LogP contribution in [-0.4, -0.2) is 11.7 Å². The summed E-state index contributed by atoms with van der Waals surface area (Å²) in [5, 5.41) is 16.6. The average molecular weight is 483 g/mol. The quantitative estimate of drug-likeness (QED) is 0.196. The topological polar surface area (TPSA) is 101 Å². The number of hydrogen-bond donors (Lipinski definition) is 0. The third-order valence-corrected chi connectivity index (χ3v) is 5.49. The number of benzene rings is 2. The van der Waals surface area contributed by atoms with E-state index < -0.39 is 17.5 Å². The van der Waals surface area contributed by atoms with Crippen LogP contribution in [0.2, 0.25) is 0 Å². The molecule has 2 aromatic heterocycles. The first-order valence-corrected chi connectivity index (χ1v) is 10.8. The fourth-order valence-electron chi connectivity index (χ4n) is 3.07. The number of hydrogen-bond acceptors (Lipinski definition) is 8. The minimum Gasteiger partial charge on any atom is -0.543 e. The Kier molecular flexibility index (Phi) is 9.24. The molecule has 4 rings (SSSR count). The van der Waals surface area contributed by atoms with E-state index in [4.69, 9.17) is 14.0 Å². The molecule has 0 amide bonds. The first kappa shape index (κ1) is 25.5. The van der Waals surface area contributed by atoms with Crippen molar-refractivity contribution in [2.75, 3.05) is 0 Å². The Hall–Kier alpha value is -3.17. The molecule has 0 radical (unpaired) electrons. The van der Waals surface area contributed by atoms with Gasteiger partial charge in [0, 0.05) is 6.07 Å². The zero-order chi connectivity index (χ0) is 23.0. The molecule has 0 saturated carbocycles. The third kappa shape index (κ3) is 6.45. The van der Waals surface area contributed by atoms with Crippen molar-refractivity contribution in [3.05, 3.63) is 122 Å². The van der Waals surface area contributed by atoms with E-state index in [1.165, 1.54) is 23.7 Å². The molecular formula is C25H18NNaO6S. The molecule has 0 fully saturated rings. The number of nitrogens with zero attached hydrogens (tertiary/aromatic N) is 1. The standard InChI is InChI=1S/C25H19NO6S.Na/c27-20-14-19(15-31-26-23(25(28)29)22-12-7-13-33-22)30-16-21(20)32-24(17-8-3-1-4-9-17)18-10-5-2-6-11-18;/h1-14,16,24H,15H2,(H,28,29);/q;+1/p-1/b26-23-;. The van der Waals surface area contributed by atoms with E-state index >= 15 is 0 Å². The summed E-state index contributed by atoms with van der Waals surface area (Å²) in [6, 6.07) is 23.6. The largest absolute Gasteiger partial charge is 1.00 e. The van der Waals surface area contributed by atoms with Gasteiger partial charge in [-0.25, -0.2) is 0 Å². The van der Waals surface area contributed by atoms with E-state index in [1.54, 1.807) is 17.5 Å². The first-order valence-electron chi connectivity index (χ1n) is 9.95. The molecule has 4 aromatic rings. The van der Waals surface area contributed by atoms with Gasteiger partial charge in [-0.15, -0.1) is 11.3 Å². The minimum atomic E-state index is -1.46. The van der Waals surface area contributed by atoms with E-state index in [0.717, 1.165) is 11.1 Å². The van der Waals surface area contributed by atoms with Crippen LogP contribution in [0.5, 0.6) is 5.75 Å². The average Bonchev–Trinajstić information content (AvgIpc) is 3.37. The Labute approximate surface area is 221 Å². The van der Waals surface area contributed by atoms with Crippen LogP contribution in [0.3, 0.4) is 0 Å². The number of carbonyl (C=O) groups excluding carboxylic acids is 1. The SMILES string of the molecule is O=C([O-])/C(=N\OCc1cc(=O)c(OC(c2ccccc2)c2ccccc2)co1)c1cccs1.[Na+]. The molecule has 0 unspecified atom stereocenters. The summed E-state index contributed by atoms with van der Waals surface area (Å²) < 4.78 is 11.5. The van der Waals surface area contributed by atoms with Gasteiger partial charge in [0.25, 0.3) is 0 Å². The van der Waals surface area contributed by atoms with Crippen LogP contribution < -0.4 is 44.8 Å². The molecule has 166 valence electrons. The molecule has 2 heterocycles. The predicted molar refractivity (Wildman–Crippen MR) is 121 cm³/mol. The Morgan fingerprint density at radius 1 is 1.00 bits per heavy atom. The molecule has 0 aliphatic rings. The van der Waals surface area contributed by atoms with Crippen molar-refractivity contribution in [3.63, 3.8) is 0 Å². The van der Waals surface area contributed by atoms with Gasteiger partial charge >= 0.3 is 29.6 Å². The van der Waals surface area contributed by atoms with Crippen molar-refractivity contribution in [1.29, 1.82) is 0 Å². The first-order chi connectivity index (χ1) is 16.1. The number of carboxylic acid groups (broad SMARTS) is 1. The Bertz CT molecular complexity index is 1250. The van der Waals surface area contributed by atoms with Crippen molar-refractivity contribution in [1.82, 2.24) is 0 Å². The number of aliphatic carboxylic acids is 1. The number of rotatable bonds is 9. The van der Waals surface area contributed by atoms with Crippen molar-refractivity contribution in [2.24, 2.45) is 5.16 Å². The Balaban J connectivity index is 0.00000324. The maximum atomic E-state index is 12.7. The molecule has 0 aliphatic carbocycles. The molecule has 9 heteroatoms. The van der Waals surface area contributed by atoms with E-state index in [1.807, 2.05) is 60.7 Å². The molecule has 0 saturated heterocycles. The normalized spacial score (nSPS) is 11.0. The van der Waals surface area contributed by atoms with Gasteiger partial charge in [-0.2, -0.15) is 0 Å². The van der Waals surface area contributed by atoms with E-state index in [9.17, 15) is 14.7 Å². The fraction of sp³-hybridized carbons (Fsp3) is 0.0800. The summed E-state index contributed by atoms with van der Waals surface area (Å²) >= 11 is 1.19. The molecule has 0 spiro atoms. The van der Waals surface area contributed by atoms with Gasteiger partial charge in [-0.1, -0.05) is 71.9 Å². The van der Waals surface area contributed by atoms with Gasteiger partial charge in [-0.3, -0.25) is 4.79 Å². The molecule has 7 nitrogen and oxygen atoms in total. The predicted octanol–water partition coefficient (Wildman–Crippen LogP) is 0.544. The third-order valence-electron chi connectivity index (χ3n) is 4.61.